The van der Waals surface area contributed by atoms with Crippen molar-refractivity contribution in [2.24, 2.45) is 29.6 Å². The first-order valence-electron chi connectivity index (χ1n) is 21.3. The number of carbonyl (C=O) groups is 1. The third kappa shape index (κ3) is 10.1. The molecule has 5 aromatic rings. The summed E-state index contributed by atoms with van der Waals surface area (Å²) < 4.78 is 1.26. The van der Waals surface area contributed by atoms with Crippen LogP contribution in [0.4, 0.5) is 0 Å². The molecule has 0 amide bonds. The van der Waals surface area contributed by atoms with E-state index in [1.807, 2.05) is 45.2 Å². The molecule has 3 aromatic carbocycles. The van der Waals surface area contributed by atoms with E-state index in [0.29, 0.717) is 17.8 Å². The van der Waals surface area contributed by atoms with E-state index in [-0.39, 0.29) is 48.9 Å². The summed E-state index contributed by atoms with van der Waals surface area (Å²) in [6.07, 6.45) is 6.90. The first kappa shape index (κ1) is 48.5. The molecular formula is C51H70IrNO2SSi-. The molecule has 5 rings (SSSR count). The second-order valence-electron chi connectivity index (χ2n) is 17.9. The molecule has 3 nitrogen and oxygen atoms in total. The van der Waals surface area contributed by atoms with Crippen molar-refractivity contribution in [2.75, 3.05) is 0 Å². The number of ketones is 1. The molecule has 2 aromatic heterocycles. The number of carbonyl (C=O) groups excluding carboxylic acids is 1. The quantitative estimate of drug-likeness (QED) is 0.0522. The average Bonchev–Trinajstić information content (AvgIpc) is 3.48. The van der Waals surface area contributed by atoms with Gasteiger partial charge in [0.05, 0.1) is 13.8 Å². The fourth-order valence-corrected chi connectivity index (χ4v) is 12.0. The molecule has 1 radical (unpaired) electrons. The zero-order chi connectivity index (χ0) is 41.7. The zero-order valence-electron chi connectivity index (χ0n) is 37.6. The molecule has 0 aliphatic heterocycles. The van der Waals surface area contributed by atoms with Crippen LogP contribution in [0.3, 0.4) is 0 Å². The Hall–Kier alpha value is -2.89. The number of fused-ring (bicyclic) bond motifs is 2. The molecule has 57 heavy (non-hydrogen) atoms. The molecule has 0 aliphatic rings. The van der Waals surface area contributed by atoms with Crippen molar-refractivity contribution in [1.29, 1.82) is 0 Å². The largest absolute Gasteiger partial charge is 0.512 e. The van der Waals surface area contributed by atoms with Crippen molar-refractivity contribution in [1.82, 2.24) is 4.98 Å². The summed E-state index contributed by atoms with van der Waals surface area (Å²) in [5.74, 6) is 2.01. The number of benzene rings is 3. The van der Waals surface area contributed by atoms with Gasteiger partial charge >= 0.3 is 0 Å². The van der Waals surface area contributed by atoms with E-state index in [9.17, 15) is 9.90 Å². The van der Waals surface area contributed by atoms with Crippen LogP contribution in [0, 0.1) is 49.5 Å². The Morgan fingerprint density at radius 2 is 1.40 bits per heavy atom. The Balaban J connectivity index is 0.000000464. The van der Waals surface area contributed by atoms with Gasteiger partial charge in [-0.1, -0.05) is 147 Å². The van der Waals surface area contributed by atoms with Crippen LogP contribution in [-0.4, -0.2) is 23.9 Å². The van der Waals surface area contributed by atoms with E-state index in [0.717, 1.165) is 36.9 Å². The van der Waals surface area contributed by atoms with Gasteiger partial charge in [-0.05, 0) is 90.8 Å². The van der Waals surface area contributed by atoms with E-state index in [4.69, 9.17) is 4.98 Å². The number of aliphatic hydroxyl groups excluding tert-OH is 1. The summed E-state index contributed by atoms with van der Waals surface area (Å²) in [5.41, 5.74) is 7.68. The number of hydrogen-bond acceptors (Lipinski definition) is 4. The average molecular weight is 981 g/mol. The standard InChI is InChI=1S/C38H46NSSi.C13H24O2.Ir/c1-23(2)38(24(3)4,25(5)6)34-22-29(21-28-14-12-13-15-33(28)34)35-37-32(18-19-39-35)27(8)36(40-37)31-17-16-30(20-26(31)7)41(9,10)11;1-5-10(6-2)12(14)9-13(15)11(7-3)8-4;/h12-20,22-25H,1-11H3;9-11,14H,5-8H2,1-4H3;/q-1;;/b;12-9-;. The summed E-state index contributed by atoms with van der Waals surface area (Å²) in [6, 6.07) is 24.4. The van der Waals surface area contributed by atoms with E-state index < -0.39 is 8.07 Å². The van der Waals surface area contributed by atoms with E-state index in [1.54, 1.807) is 0 Å². The van der Waals surface area contributed by atoms with Crippen LogP contribution < -0.4 is 5.19 Å². The minimum absolute atomic E-state index is 0. The van der Waals surface area contributed by atoms with Crippen LogP contribution in [0.15, 0.2) is 72.6 Å². The first-order chi connectivity index (χ1) is 26.4. The van der Waals surface area contributed by atoms with Crippen molar-refractivity contribution in [3.8, 4) is 21.7 Å². The third-order valence-corrected chi connectivity index (χ3v) is 16.0. The molecule has 0 aliphatic carbocycles. The van der Waals surface area contributed by atoms with E-state index in [2.05, 4.69) is 136 Å². The fourth-order valence-electron chi connectivity index (χ4n) is 9.41. The number of nitrogens with zero attached hydrogens (tertiary/aromatic N) is 1. The van der Waals surface area contributed by atoms with Crippen LogP contribution in [0.1, 0.15) is 112 Å². The Bertz CT molecular complexity index is 2120. The number of allylic oxidation sites excluding steroid dienone is 2. The minimum atomic E-state index is -1.37. The van der Waals surface area contributed by atoms with Crippen molar-refractivity contribution < 1.29 is 30.0 Å². The van der Waals surface area contributed by atoms with Gasteiger partial charge < -0.3 is 5.11 Å². The van der Waals surface area contributed by atoms with Gasteiger partial charge in [0.2, 0.25) is 0 Å². The van der Waals surface area contributed by atoms with Crippen LogP contribution in [0.2, 0.25) is 19.6 Å². The smallest absolute Gasteiger partial charge is 0.162 e. The minimum Gasteiger partial charge on any atom is -0.512 e. The molecule has 0 fully saturated rings. The maximum atomic E-state index is 11.7. The molecule has 311 valence electrons. The number of aromatic nitrogens is 1. The van der Waals surface area contributed by atoms with Gasteiger partial charge in [-0.25, -0.2) is 0 Å². The summed E-state index contributed by atoms with van der Waals surface area (Å²) >= 11 is 1.89. The molecule has 1 N–H and O–H groups in total. The van der Waals surface area contributed by atoms with Gasteiger partial charge in [0, 0.05) is 59.5 Å². The van der Waals surface area contributed by atoms with Crippen molar-refractivity contribution in [2.45, 2.75) is 134 Å². The van der Waals surface area contributed by atoms with E-state index in [1.165, 1.54) is 59.3 Å². The predicted molar refractivity (Wildman–Crippen MR) is 249 cm³/mol. The van der Waals surface area contributed by atoms with Crippen LogP contribution >= 0.6 is 11.3 Å². The topological polar surface area (TPSA) is 50.2 Å². The number of pyridine rings is 1. The fraction of sp³-hybridized carbons (Fsp3) is 0.490. The molecule has 0 saturated heterocycles. The monoisotopic (exact) mass is 981 g/mol. The van der Waals surface area contributed by atoms with E-state index >= 15 is 0 Å². The number of rotatable bonds is 14. The Kier molecular flexibility index (Phi) is 17.3. The summed E-state index contributed by atoms with van der Waals surface area (Å²) in [7, 11) is -1.37. The maximum absolute atomic E-state index is 11.7. The summed E-state index contributed by atoms with van der Waals surface area (Å²) in [4.78, 5) is 18.1. The number of aliphatic hydroxyl groups is 1. The van der Waals surface area contributed by atoms with Crippen LogP contribution in [0.5, 0.6) is 0 Å². The summed E-state index contributed by atoms with van der Waals surface area (Å²) in [5, 5.41) is 15.1. The van der Waals surface area contributed by atoms with Crippen LogP contribution in [-0.2, 0) is 30.3 Å². The zero-order valence-corrected chi connectivity index (χ0v) is 41.8. The van der Waals surface area contributed by atoms with Gasteiger partial charge in [-0.15, -0.1) is 34.9 Å². The Labute approximate surface area is 364 Å². The number of hydrogen-bond donors (Lipinski definition) is 1. The normalized spacial score (nSPS) is 12.6. The molecule has 2 heterocycles. The molecule has 6 heteroatoms. The number of thiophene rings is 1. The van der Waals surface area contributed by atoms with Crippen LogP contribution in [0.25, 0.3) is 42.6 Å². The van der Waals surface area contributed by atoms with Gasteiger partial charge in [0.15, 0.2) is 5.78 Å². The second-order valence-corrected chi connectivity index (χ2v) is 24.0. The van der Waals surface area contributed by atoms with Gasteiger partial charge in [-0.3, -0.25) is 9.78 Å². The van der Waals surface area contributed by atoms with Crippen molar-refractivity contribution in [3.05, 3.63) is 95.4 Å². The molecular weight excluding hydrogens is 911 g/mol. The predicted octanol–water partition coefficient (Wildman–Crippen LogP) is 14.8. The van der Waals surface area contributed by atoms with Gasteiger partial charge in [0.1, 0.15) is 0 Å². The van der Waals surface area contributed by atoms with Gasteiger partial charge in [-0.2, -0.15) is 0 Å². The summed E-state index contributed by atoms with van der Waals surface area (Å²) in [6.45, 7) is 34.3. The number of aryl methyl sites for hydroxylation is 2. The van der Waals surface area contributed by atoms with Crippen molar-refractivity contribution in [3.63, 3.8) is 0 Å². The molecule has 0 unspecified atom stereocenters. The van der Waals surface area contributed by atoms with Crippen molar-refractivity contribution >= 4 is 51.2 Å². The molecule has 0 spiro atoms. The second kappa shape index (κ2) is 20.4. The maximum Gasteiger partial charge on any atom is 0.162 e. The first-order valence-corrected chi connectivity index (χ1v) is 25.6. The Morgan fingerprint density at radius 1 is 0.825 bits per heavy atom. The Morgan fingerprint density at radius 3 is 1.93 bits per heavy atom. The van der Waals surface area contributed by atoms with Gasteiger partial charge in [0.25, 0.3) is 0 Å². The SMILES string of the molecule is CCC(CC)C(=O)/C=C(\O)C(CC)CC.Cc1cc([Si](C)(C)C)ccc1-c1sc2c(-c3[c-]c4ccccc4c(C(C(C)C)(C(C)C)C(C)C)c3)nccc2c1C.[Ir]. The molecule has 0 saturated carbocycles. The molecule has 0 atom stereocenters. The molecule has 0 bridgehead atoms. The third-order valence-electron chi connectivity index (χ3n) is 12.6.